The molecule has 1 fully saturated rings. The molecule has 120 valence electrons. The van der Waals surface area contributed by atoms with Crippen LogP contribution in [0.4, 0.5) is 11.4 Å². The van der Waals surface area contributed by atoms with E-state index in [9.17, 15) is 14.9 Å². The Hall–Kier alpha value is -2.42. The molecule has 1 aromatic carbocycles. The van der Waals surface area contributed by atoms with Crippen molar-refractivity contribution in [2.45, 2.75) is 31.0 Å². The highest BCUT2D eigenvalue weighted by atomic mass is 32.2. The minimum Gasteiger partial charge on any atom is -0.325 e. The fraction of sp³-hybridized carbons (Fsp3) is 0.357. The zero-order valence-electron chi connectivity index (χ0n) is 12.4. The maximum absolute atomic E-state index is 12.1. The molecular weight excluding hydrogens is 318 g/mol. The number of carbonyl (C=O) groups is 1. The maximum atomic E-state index is 12.1. The number of nitrogens with one attached hydrogen (secondary N) is 1. The third-order valence-corrected chi connectivity index (χ3v) is 4.48. The molecule has 9 heteroatoms. The summed E-state index contributed by atoms with van der Waals surface area (Å²) in [5, 5.41) is 22.1. The molecule has 2 aromatic rings. The molecule has 0 radical (unpaired) electrons. The second-order valence-corrected chi connectivity index (χ2v) is 6.29. The van der Waals surface area contributed by atoms with Crippen LogP contribution in [0.2, 0.25) is 0 Å². The van der Waals surface area contributed by atoms with Gasteiger partial charge in [-0.15, -0.1) is 10.2 Å². The van der Waals surface area contributed by atoms with Gasteiger partial charge in [0.1, 0.15) is 6.33 Å². The van der Waals surface area contributed by atoms with Crippen molar-refractivity contribution in [3.05, 3.63) is 40.2 Å². The lowest BCUT2D eigenvalue weighted by molar-refractivity contribution is -0.384. The van der Waals surface area contributed by atoms with Crippen LogP contribution >= 0.6 is 11.8 Å². The molecule has 1 amide bonds. The highest BCUT2D eigenvalue weighted by molar-refractivity contribution is 7.99. The number of nitro benzene ring substituents is 1. The van der Waals surface area contributed by atoms with Crippen LogP contribution in [0.1, 0.15) is 24.4 Å². The number of thioether (sulfide) groups is 1. The number of hydrogen-bond acceptors (Lipinski definition) is 6. The summed E-state index contributed by atoms with van der Waals surface area (Å²) in [5.41, 5.74) is 1.18. The van der Waals surface area contributed by atoms with Crippen molar-refractivity contribution < 1.29 is 9.72 Å². The number of aryl methyl sites for hydroxylation is 1. The summed E-state index contributed by atoms with van der Waals surface area (Å²) in [6.45, 7) is 1.79. The van der Waals surface area contributed by atoms with Gasteiger partial charge in [0.05, 0.1) is 16.4 Å². The van der Waals surface area contributed by atoms with Crippen molar-refractivity contribution >= 4 is 29.0 Å². The number of aromatic nitrogens is 3. The zero-order valence-corrected chi connectivity index (χ0v) is 13.2. The van der Waals surface area contributed by atoms with Gasteiger partial charge in [-0.05, 0) is 25.3 Å². The molecule has 1 aliphatic rings. The first kappa shape index (κ1) is 15.5. The lowest BCUT2D eigenvalue weighted by Gasteiger charge is -2.08. The lowest BCUT2D eigenvalue weighted by atomic mass is 10.2. The van der Waals surface area contributed by atoms with Crippen LogP contribution in [-0.2, 0) is 4.79 Å². The van der Waals surface area contributed by atoms with Crippen molar-refractivity contribution in [2.24, 2.45) is 0 Å². The molecule has 23 heavy (non-hydrogen) atoms. The average molecular weight is 333 g/mol. The van der Waals surface area contributed by atoms with Crippen LogP contribution < -0.4 is 5.32 Å². The Kier molecular flexibility index (Phi) is 4.28. The molecule has 0 spiro atoms. The minimum atomic E-state index is -0.484. The number of amides is 1. The molecule has 1 aliphatic carbocycles. The molecule has 1 saturated carbocycles. The number of benzene rings is 1. The Labute approximate surface area is 136 Å². The molecular formula is C14H15N5O3S. The van der Waals surface area contributed by atoms with Crippen molar-refractivity contribution in [2.75, 3.05) is 11.1 Å². The van der Waals surface area contributed by atoms with Gasteiger partial charge < -0.3 is 9.88 Å². The summed E-state index contributed by atoms with van der Waals surface area (Å²) in [4.78, 5) is 22.4. The Morgan fingerprint density at radius 1 is 1.52 bits per heavy atom. The van der Waals surface area contributed by atoms with Gasteiger partial charge in [-0.1, -0.05) is 17.8 Å². The van der Waals surface area contributed by atoms with Gasteiger partial charge in [0, 0.05) is 18.2 Å². The molecule has 3 rings (SSSR count). The second kappa shape index (κ2) is 6.37. The summed E-state index contributed by atoms with van der Waals surface area (Å²) >= 11 is 1.31. The highest BCUT2D eigenvalue weighted by Gasteiger charge is 2.26. The number of carbonyl (C=O) groups excluding carboxylic acids is 1. The predicted octanol–water partition coefficient (Wildman–Crippen LogP) is 2.56. The second-order valence-electron chi connectivity index (χ2n) is 5.35. The monoisotopic (exact) mass is 333 g/mol. The third kappa shape index (κ3) is 3.67. The van der Waals surface area contributed by atoms with E-state index in [2.05, 4.69) is 15.5 Å². The van der Waals surface area contributed by atoms with Gasteiger partial charge in [0.25, 0.3) is 5.69 Å². The zero-order chi connectivity index (χ0) is 16.4. The number of non-ortho nitro benzene ring substituents is 1. The van der Waals surface area contributed by atoms with Crippen LogP contribution in [0, 0.1) is 17.0 Å². The average Bonchev–Trinajstić information content (AvgIpc) is 3.25. The summed E-state index contributed by atoms with van der Waals surface area (Å²) in [5.74, 6) is -0.0583. The van der Waals surface area contributed by atoms with Crippen LogP contribution in [0.25, 0.3) is 0 Å². The molecule has 0 unspecified atom stereocenters. The highest BCUT2D eigenvalue weighted by Crippen LogP contribution is 2.37. The van der Waals surface area contributed by atoms with E-state index in [1.54, 1.807) is 19.3 Å². The van der Waals surface area contributed by atoms with Crippen LogP contribution in [0.15, 0.2) is 29.7 Å². The Morgan fingerprint density at radius 2 is 2.30 bits per heavy atom. The largest absolute Gasteiger partial charge is 0.325 e. The van der Waals surface area contributed by atoms with E-state index in [0.29, 0.717) is 11.7 Å². The molecule has 0 saturated heterocycles. The molecule has 0 atom stereocenters. The predicted molar refractivity (Wildman–Crippen MR) is 85.5 cm³/mol. The van der Waals surface area contributed by atoms with E-state index in [0.717, 1.165) is 23.6 Å². The van der Waals surface area contributed by atoms with Gasteiger partial charge in [0.2, 0.25) is 5.91 Å². The van der Waals surface area contributed by atoms with E-state index in [-0.39, 0.29) is 17.3 Å². The summed E-state index contributed by atoms with van der Waals surface area (Å²) < 4.78 is 1.98. The molecule has 1 aromatic heterocycles. The molecule has 0 aliphatic heterocycles. The first-order valence-corrected chi connectivity index (χ1v) is 8.10. The van der Waals surface area contributed by atoms with Crippen molar-refractivity contribution in [1.29, 1.82) is 0 Å². The Balaban J connectivity index is 1.62. The third-order valence-electron chi connectivity index (χ3n) is 3.52. The molecule has 8 nitrogen and oxygen atoms in total. The number of hydrogen-bond donors (Lipinski definition) is 1. The number of nitrogens with zero attached hydrogens (tertiary/aromatic N) is 4. The van der Waals surface area contributed by atoms with Gasteiger partial charge in [-0.25, -0.2) is 0 Å². The number of nitro groups is 1. The SMILES string of the molecule is Cc1ccc([N+](=O)[O-])cc1NC(=O)CSc1nncn1C1CC1. The summed E-state index contributed by atoms with van der Waals surface area (Å²) in [6, 6.07) is 4.85. The quantitative estimate of drug-likeness (QED) is 0.495. The summed E-state index contributed by atoms with van der Waals surface area (Å²) in [6.07, 6.45) is 3.91. The van der Waals surface area contributed by atoms with E-state index in [4.69, 9.17) is 0 Å². The van der Waals surface area contributed by atoms with E-state index in [1.807, 2.05) is 4.57 Å². The van der Waals surface area contributed by atoms with E-state index in [1.165, 1.54) is 23.9 Å². The van der Waals surface area contributed by atoms with E-state index >= 15 is 0 Å². The van der Waals surface area contributed by atoms with Gasteiger partial charge in [-0.2, -0.15) is 0 Å². The molecule has 1 heterocycles. The first-order valence-electron chi connectivity index (χ1n) is 7.12. The first-order chi connectivity index (χ1) is 11.0. The fourth-order valence-electron chi connectivity index (χ4n) is 2.11. The smallest absolute Gasteiger partial charge is 0.271 e. The van der Waals surface area contributed by atoms with Crippen molar-refractivity contribution in [3.63, 3.8) is 0 Å². The van der Waals surface area contributed by atoms with Crippen LogP contribution in [-0.4, -0.2) is 31.3 Å². The lowest BCUT2D eigenvalue weighted by Crippen LogP contribution is -2.15. The number of anilines is 1. The van der Waals surface area contributed by atoms with Gasteiger partial charge in [0.15, 0.2) is 5.16 Å². The summed E-state index contributed by atoms with van der Waals surface area (Å²) in [7, 11) is 0. The topological polar surface area (TPSA) is 103 Å². The number of rotatable bonds is 6. The Bertz CT molecular complexity index is 757. The van der Waals surface area contributed by atoms with Crippen LogP contribution in [0.3, 0.4) is 0 Å². The van der Waals surface area contributed by atoms with Gasteiger partial charge in [-0.3, -0.25) is 14.9 Å². The Morgan fingerprint density at radius 3 is 3.00 bits per heavy atom. The van der Waals surface area contributed by atoms with Crippen molar-refractivity contribution in [1.82, 2.24) is 14.8 Å². The normalized spacial score (nSPS) is 13.8. The van der Waals surface area contributed by atoms with Crippen LogP contribution in [0.5, 0.6) is 0 Å². The molecule has 1 N–H and O–H groups in total. The van der Waals surface area contributed by atoms with Crippen molar-refractivity contribution in [3.8, 4) is 0 Å². The van der Waals surface area contributed by atoms with E-state index < -0.39 is 4.92 Å². The van der Waals surface area contributed by atoms with Gasteiger partial charge >= 0.3 is 0 Å². The minimum absolute atomic E-state index is 0.0490. The maximum Gasteiger partial charge on any atom is 0.271 e. The fourth-order valence-corrected chi connectivity index (χ4v) is 2.90. The molecule has 0 bridgehead atoms. The standard InChI is InChI=1S/C14H15N5O3S/c1-9-2-3-11(19(21)22)6-12(9)16-13(20)7-23-14-17-15-8-18(14)10-4-5-10/h2-3,6,8,10H,4-5,7H2,1H3,(H,16,20).